The Hall–Kier alpha value is -0.160. The summed E-state index contributed by atoms with van der Waals surface area (Å²) in [4.78, 5) is 2.39. The van der Waals surface area contributed by atoms with E-state index in [-0.39, 0.29) is 12.7 Å². The van der Waals surface area contributed by atoms with E-state index in [2.05, 4.69) is 4.90 Å². The van der Waals surface area contributed by atoms with Crippen molar-refractivity contribution in [3.8, 4) is 0 Å². The fraction of sp³-hybridized carbons (Fsp3) is 1.00. The Morgan fingerprint density at radius 3 is 2.38 bits per heavy atom. The smallest absolute Gasteiger partial charge is 0.0628 e. The van der Waals surface area contributed by atoms with Gasteiger partial charge in [-0.05, 0) is 32.1 Å². The number of aliphatic hydroxyl groups excluding tert-OH is 2. The van der Waals surface area contributed by atoms with Crippen LogP contribution in [-0.2, 0) is 4.74 Å². The van der Waals surface area contributed by atoms with E-state index in [1.54, 1.807) is 0 Å². The van der Waals surface area contributed by atoms with Gasteiger partial charge in [-0.25, -0.2) is 0 Å². The van der Waals surface area contributed by atoms with Crippen molar-refractivity contribution in [1.29, 1.82) is 0 Å². The van der Waals surface area contributed by atoms with Crippen molar-refractivity contribution in [2.24, 2.45) is 0 Å². The number of ether oxygens (including phenoxy) is 1. The molecule has 4 heteroatoms. The first-order valence-electron chi connectivity index (χ1n) is 6.44. The molecule has 0 spiro atoms. The molecular formula is C12H23NO3. The molecule has 1 saturated heterocycles. The first-order chi connectivity index (χ1) is 7.78. The molecule has 1 aliphatic carbocycles. The van der Waals surface area contributed by atoms with Crippen molar-refractivity contribution in [3.05, 3.63) is 0 Å². The Kier molecular flexibility index (Phi) is 4.58. The van der Waals surface area contributed by atoms with Crippen LogP contribution in [0, 0.1) is 0 Å². The second kappa shape index (κ2) is 5.96. The highest BCUT2D eigenvalue weighted by atomic mass is 16.5. The third-order valence-electron chi connectivity index (χ3n) is 3.62. The van der Waals surface area contributed by atoms with Crippen LogP contribution in [0.3, 0.4) is 0 Å². The van der Waals surface area contributed by atoms with Crippen LogP contribution in [0.5, 0.6) is 0 Å². The number of nitrogens with zero attached hydrogens (tertiary/aromatic N) is 1. The number of hydrogen-bond acceptors (Lipinski definition) is 4. The van der Waals surface area contributed by atoms with E-state index >= 15 is 0 Å². The average Bonchev–Trinajstić information content (AvgIpc) is 2.26. The third kappa shape index (κ3) is 3.42. The number of aliphatic hydroxyl groups is 2. The van der Waals surface area contributed by atoms with Gasteiger partial charge >= 0.3 is 0 Å². The largest absolute Gasteiger partial charge is 0.396 e. The lowest BCUT2D eigenvalue weighted by Gasteiger charge is -2.38. The Labute approximate surface area is 97.2 Å². The predicted molar refractivity (Wildman–Crippen MR) is 61.3 cm³/mol. The molecule has 4 nitrogen and oxygen atoms in total. The van der Waals surface area contributed by atoms with Gasteiger partial charge in [-0.2, -0.15) is 0 Å². The average molecular weight is 229 g/mol. The molecule has 0 atom stereocenters. The second-order valence-electron chi connectivity index (χ2n) is 5.00. The van der Waals surface area contributed by atoms with Gasteiger partial charge < -0.3 is 19.8 Å². The predicted octanol–water partition coefficient (Wildman–Crippen LogP) is 0.373. The zero-order valence-corrected chi connectivity index (χ0v) is 9.85. The molecule has 1 aliphatic heterocycles. The molecule has 0 bridgehead atoms. The summed E-state index contributed by atoms with van der Waals surface area (Å²) in [7, 11) is 0. The maximum atomic E-state index is 9.18. The normalized spacial score (nSPS) is 32.6. The van der Waals surface area contributed by atoms with Crippen molar-refractivity contribution >= 4 is 0 Å². The van der Waals surface area contributed by atoms with Gasteiger partial charge in [-0.3, -0.25) is 0 Å². The van der Waals surface area contributed by atoms with Crippen LogP contribution in [0.4, 0.5) is 0 Å². The van der Waals surface area contributed by atoms with Crippen LogP contribution in [0.2, 0.25) is 0 Å². The number of piperidine rings is 1. The lowest BCUT2D eigenvalue weighted by Crippen LogP contribution is -2.43. The van der Waals surface area contributed by atoms with E-state index in [4.69, 9.17) is 9.84 Å². The highest BCUT2D eigenvalue weighted by molar-refractivity contribution is 4.82. The summed E-state index contributed by atoms with van der Waals surface area (Å²) in [6, 6.07) is 0. The Morgan fingerprint density at radius 2 is 1.81 bits per heavy atom. The van der Waals surface area contributed by atoms with Crippen LogP contribution >= 0.6 is 0 Å². The Morgan fingerprint density at radius 1 is 1.12 bits per heavy atom. The molecular weight excluding hydrogens is 206 g/mol. The molecule has 0 aromatic carbocycles. The quantitative estimate of drug-likeness (QED) is 0.715. The van der Waals surface area contributed by atoms with Gasteiger partial charge in [-0.1, -0.05) is 0 Å². The van der Waals surface area contributed by atoms with Gasteiger partial charge in [0.25, 0.3) is 0 Å². The molecule has 2 N–H and O–H groups in total. The van der Waals surface area contributed by atoms with Gasteiger partial charge in [-0.15, -0.1) is 0 Å². The summed E-state index contributed by atoms with van der Waals surface area (Å²) >= 11 is 0. The molecule has 1 saturated carbocycles. The van der Waals surface area contributed by atoms with Crippen molar-refractivity contribution in [3.63, 3.8) is 0 Å². The van der Waals surface area contributed by atoms with Crippen molar-refractivity contribution in [2.75, 3.05) is 26.2 Å². The molecule has 94 valence electrons. The molecule has 16 heavy (non-hydrogen) atoms. The van der Waals surface area contributed by atoms with Crippen molar-refractivity contribution in [1.82, 2.24) is 4.90 Å². The third-order valence-corrected chi connectivity index (χ3v) is 3.62. The summed E-state index contributed by atoms with van der Waals surface area (Å²) in [6.07, 6.45) is 5.30. The standard InChI is InChI=1S/C12H23NO3/c14-7-1-4-13-5-2-11(3-6-13)16-12-8-10(15)9-12/h10-12,14-15H,1-9H2. The molecule has 1 heterocycles. The van der Waals surface area contributed by atoms with Crippen LogP contribution in [0.1, 0.15) is 32.1 Å². The molecule has 2 fully saturated rings. The van der Waals surface area contributed by atoms with Gasteiger partial charge in [0.2, 0.25) is 0 Å². The first-order valence-corrected chi connectivity index (χ1v) is 6.44. The molecule has 2 rings (SSSR count). The molecule has 0 unspecified atom stereocenters. The van der Waals surface area contributed by atoms with E-state index in [0.29, 0.717) is 12.2 Å². The minimum absolute atomic E-state index is 0.116. The minimum Gasteiger partial charge on any atom is -0.396 e. The van der Waals surface area contributed by atoms with Crippen LogP contribution in [0.15, 0.2) is 0 Å². The maximum absolute atomic E-state index is 9.18. The SMILES string of the molecule is OCCCN1CCC(OC2CC(O)C2)CC1. The fourth-order valence-corrected chi connectivity index (χ4v) is 2.48. The zero-order chi connectivity index (χ0) is 11.4. The van der Waals surface area contributed by atoms with Gasteiger partial charge in [0.15, 0.2) is 0 Å². The van der Waals surface area contributed by atoms with Gasteiger partial charge in [0, 0.05) is 26.2 Å². The molecule has 0 radical (unpaired) electrons. The Balaban J connectivity index is 1.58. The molecule has 2 aliphatic rings. The van der Waals surface area contributed by atoms with Crippen molar-refractivity contribution < 1.29 is 14.9 Å². The van der Waals surface area contributed by atoms with Gasteiger partial charge in [0.1, 0.15) is 0 Å². The lowest BCUT2D eigenvalue weighted by molar-refractivity contribution is -0.116. The fourth-order valence-electron chi connectivity index (χ4n) is 2.48. The summed E-state index contributed by atoms with van der Waals surface area (Å²) in [5.74, 6) is 0. The Bertz CT molecular complexity index is 198. The van der Waals surface area contributed by atoms with Crippen LogP contribution in [0.25, 0.3) is 0 Å². The second-order valence-corrected chi connectivity index (χ2v) is 5.00. The zero-order valence-electron chi connectivity index (χ0n) is 9.85. The summed E-state index contributed by atoms with van der Waals surface area (Å²) in [6.45, 7) is 3.46. The maximum Gasteiger partial charge on any atom is 0.0628 e. The van der Waals surface area contributed by atoms with Crippen molar-refractivity contribution in [2.45, 2.75) is 50.4 Å². The summed E-state index contributed by atoms with van der Waals surface area (Å²) in [5, 5.41) is 17.9. The topological polar surface area (TPSA) is 52.9 Å². The molecule has 0 aromatic heterocycles. The molecule has 0 aromatic rings. The van der Waals surface area contributed by atoms with Crippen LogP contribution < -0.4 is 0 Å². The summed E-state index contributed by atoms with van der Waals surface area (Å²) < 4.78 is 5.91. The number of likely N-dealkylation sites (tertiary alicyclic amines) is 1. The molecule has 0 amide bonds. The number of rotatable bonds is 5. The lowest BCUT2D eigenvalue weighted by atomic mass is 9.92. The van der Waals surface area contributed by atoms with Crippen LogP contribution in [-0.4, -0.2) is 59.7 Å². The van der Waals surface area contributed by atoms with E-state index in [0.717, 1.165) is 51.7 Å². The highest BCUT2D eigenvalue weighted by Crippen LogP contribution is 2.27. The summed E-state index contributed by atoms with van der Waals surface area (Å²) in [5.41, 5.74) is 0. The van der Waals surface area contributed by atoms with Gasteiger partial charge in [0.05, 0.1) is 18.3 Å². The van der Waals surface area contributed by atoms with E-state index in [9.17, 15) is 5.11 Å². The first kappa shape index (κ1) is 12.3. The number of hydrogen-bond donors (Lipinski definition) is 2. The minimum atomic E-state index is -0.116. The van der Waals surface area contributed by atoms with E-state index < -0.39 is 0 Å². The van der Waals surface area contributed by atoms with E-state index in [1.807, 2.05) is 0 Å². The highest BCUT2D eigenvalue weighted by Gasteiger charge is 2.31. The monoisotopic (exact) mass is 229 g/mol. The van der Waals surface area contributed by atoms with E-state index in [1.165, 1.54) is 0 Å².